The molecule has 1 aromatic rings. The van der Waals surface area contributed by atoms with Gasteiger partial charge in [-0.25, -0.2) is 0 Å². The van der Waals surface area contributed by atoms with Crippen molar-refractivity contribution in [2.75, 3.05) is 0 Å². The summed E-state index contributed by atoms with van der Waals surface area (Å²) in [6.45, 7) is 0. The number of benzene rings is 1. The number of nitriles is 1. The molecule has 0 spiro atoms. The molecule has 0 aliphatic rings. The fraction of sp³-hybridized carbons (Fsp3) is 0. The summed E-state index contributed by atoms with van der Waals surface area (Å²) in [7, 11) is -0.0372. The molecule has 0 bridgehead atoms. The van der Waals surface area contributed by atoms with Gasteiger partial charge in [-0.15, -0.1) is 0 Å². The van der Waals surface area contributed by atoms with Crippen molar-refractivity contribution in [1.82, 2.24) is 0 Å². The van der Waals surface area contributed by atoms with Crippen LogP contribution >= 0.6 is 8.46 Å². The Labute approximate surface area is 60.3 Å². The zero-order chi connectivity index (χ0) is 7.40. The highest BCUT2D eigenvalue weighted by molar-refractivity contribution is 7.34. The lowest BCUT2D eigenvalue weighted by molar-refractivity contribution is 0.603. The van der Waals surface area contributed by atoms with Gasteiger partial charge in [0, 0.05) is 5.30 Å². The van der Waals surface area contributed by atoms with Gasteiger partial charge in [-0.2, -0.15) is 5.26 Å². The summed E-state index contributed by atoms with van der Waals surface area (Å²) in [5, 5.41) is 9.04. The van der Waals surface area contributed by atoms with E-state index in [1.165, 1.54) is 0 Å². The zero-order valence-corrected chi connectivity index (χ0v) is 6.01. The number of hydrogen-bond acceptors (Lipinski definition) is 2. The molecule has 0 saturated carbocycles. The molecule has 0 radical (unpaired) electrons. The van der Waals surface area contributed by atoms with Crippen LogP contribution in [-0.2, 0) is 4.57 Å². The Morgan fingerprint density at radius 1 is 1.50 bits per heavy atom. The first kappa shape index (κ1) is 6.92. The van der Waals surface area contributed by atoms with Gasteiger partial charge in [0.15, 0.2) is 8.46 Å². The molecule has 3 heteroatoms. The lowest BCUT2D eigenvalue weighted by atomic mass is 10.2. The lowest BCUT2D eigenvalue weighted by Gasteiger charge is -1.86. The third kappa shape index (κ3) is 1.40. The van der Waals surface area contributed by atoms with E-state index in [2.05, 4.69) is 0 Å². The van der Waals surface area contributed by atoms with Crippen LogP contribution in [0.5, 0.6) is 0 Å². The van der Waals surface area contributed by atoms with E-state index in [1.807, 2.05) is 6.07 Å². The average Bonchev–Trinajstić information content (AvgIpc) is 2.05. The maximum absolute atomic E-state index is 10.3. The summed E-state index contributed by atoms with van der Waals surface area (Å²) in [5.74, 6) is 0. The van der Waals surface area contributed by atoms with Gasteiger partial charge in [-0.1, -0.05) is 6.07 Å². The Bertz CT molecular complexity index is 290. The van der Waals surface area contributed by atoms with E-state index in [1.54, 1.807) is 24.3 Å². The first-order valence-corrected chi connectivity index (χ1v) is 3.51. The minimum absolute atomic E-state index is 0.0372. The van der Waals surface area contributed by atoms with E-state index in [0.717, 1.165) is 0 Å². The van der Waals surface area contributed by atoms with Crippen LogP contribution in [0.1, 0.15) is 5.56 Å². The molecule has 0 N–H and O–H groups in total. The van der Waals surface area contributed by atoms with E-state index in [-0.39, 0.29) is 8.46 Å². The van der Waals surface area contributed by atoms with Crippen LogP contribution in [0.3, 0.4) is 0 Å². The van der Waals surface area contributed by atoms with Gasteiger partial charge in [-0.05, 0) is 18.2 Å². The van der Waals surface area contributed by atoms with E-state index in [4.69, 9.17) is 5.26 Å². The summed E-state index contributed by atoms with van der Waals surface area (Å²) in [5.41, 5.74) is 0.542. The maximum Gasteiger partial charge on any atom is 0.192 e. The smallest absolute Gasteiger partial charge is 0.192 e. The molecule has 48 valence electrons. The Balaban J connectivity index is 3.13. The molecule has 0 heterocycles. The van der Waals surface area contributed by atoms with Gasteiger partial charge in [0.05, 0.1) is 11.6 Å². The van der Waals surface area contributed by atoms with E-state index in [0.29, 0.717) is 10.9 Å². The highest BCUT2D eigenvalue weighted by atomic mass is 31.1. The summed E-state index contributed by atoms with van der Waals surface area (Å²) in [6, 6.07) is 8.64. The van der Waals surface area contributed by atoms with E-state index in [9.17, 15) is 4.57 Å². The van der Waals surface area contributed by atoms with Crippen LogP contribution in [0.15, 0.2) is 24.3 Å². The van der Waals surface area contributed by atoms with Crippen LogP contribution in [-0.4, -0.2) is 0 Å². The number of hydrogen-bond donors (Lipinski definition) is 0. The Kier molecular flexibility index (Phi) is 2.15. The third-order valence-electron chi connectivity index (χ3n) is 1.08. The minimum Gasteiger partial charge on any atom is -0.269 e. The van der Waals surface area contributed by atoms with Crippen molar-refractivity contribution < 1.29 is 4.57 Å². The molecule has 0 aromatic heterocycles. The van der Waals surface area contributed by atoms with Gasteiger partial charge >= 0.3 is 0 Å². The first-order chi connectivity index (χ1) is 4.86. The molecule has 2 nitrogen and oxygen atoms in total. The summed E-state index contributed by atoms with van der Waals surface area (Å²) < 4.78 is 10.3. The standard InChI is InChI=1S/C7H4NOP/c8-5-6-2-1-3-7(4-6)10-9/h1-4H. The fourth-order valence-electron chi connectivity index (χ4n) is 0.632. The molecular weight excluding hydrogens is 145 g/mol. The predicted molar refractivity (Wildman–Crippen MR) is 38.4 cm³/mol. The minimum atomic E-state index is -0.0372. The molecule has 0 amide bonds. The fourth-order valence-corrected chi connectivity index (χ4v) is 0.971. The summed E-state index contributed by atoms with van der Waals surface area (Å²) in [4.78, 5) is 0. The molecule has 10 heavy (non-hydrogen) atoms. The summed E-state index contributed by atoms with van der Waals surface area (Å²) >= 11 is 0. The van der Waals surface area contributed by atoms with Crippen molar-refractivity contribution >= 4 is 13.8 Å². The van der Waals surface area contributed by atoms with Crippen molar-refractivity contribution in [2.45, 2.75) is 0 Å². The molecule has 0 fully saturated rings. The molecule has 0 aliphatic carbocycles. The highest BCUT2D eigenvalue weighted by Gasteiger charge is 1.91. The topological polar surface area (TPSA) is 40.9 Å². The number of rotatable bonds is 1. The largest absolute Gasteiger partial charge is 0.269 e. The van der Waals surface area contributed by atoms with Crippen molar-refractivity contribution in [2.24, 2.45) is 0 Å². The number of nitrogens with zero attached hydrogens (tertiary/aromatic N) is 1. The maximum atomic E-state index is 10.3. The normalized spacial score (nSPS) is 9.10. The lowest BCUT2D eigenvalue weighted by Crippen LogP contribution is -1.89. The quantitative estimate of drug-likeness (QED) is 0.567. The second-order valence-electron chi connectivity index (χ2n) is 1.75. The molecule has 0 saturated heterocycles. The Hall–Kier alpha value is -1.19. The Morgan fingerprint density at radius 2 is 2.30 bits per heavy atom. The van der Waals surface area contributed by atoms with Crippen LogP contribution in [0.2, 0.25) is 0 Å². The summed E-state index contributed by atoms with van der Waals surface area (Å²) in [6.07, 6.45) is 0. The van der Waals surface area contributed by atoms with Crippen molar-refractivity contribution in [1.29, 1.82) is 5.26 Å². The molecule has 0 aliphatic heterocycles. The second-order valence-corrected chi connectivity index (χ2v) is 2.45. The highest BCUT2D eigenvalue weighted by Crippen LogP contribution is 1.99. The van der Waals surface area contributed by atoms with Crippen molar-refractivity contribution in [3.63, 3.8) is 0 Å². The van der Waals surface area contributed by atoms with Crippen LogP contribution in [0.4, 0.5) is 0 Å². The molecule has 1 rings (SSSR count). The van der Waals surface area contributed by atoms with Crippen molar-refractivity contribution in [3.8, 4) is 6.07 Å². The van der Waals surface area contributed by atoms with Crippen LogP contribution in [0.25, 0.3) is 0 Å². The molecule has 0 atom stereocenters. The van der Waals surface area contributed by atoms with Crippen LogP contribution < -0.4 is 5.30 Å². The average molecular weight is 149 g/mol. The monoisotopic (exact) mass is 149 g/mol. The zero-order valence-electron chi connectivity index (χ0n) is 5.11. The van der Waals surface area contributed by atoms with Gasteiger partial charge < -0.3 is 0 Å². The van der Waals surface area contributed by atoms with Gasteiger partial charge in [0.25, 0.3) is 0 Å². The van der Waals surface area contributed by atoms with E-state index < -0.39 is 0 Å². The first-order valence-electron chi connectivity index (χ1n) is 2.70. The van der Waals surface area contributed by atoms with Gasteiger partial charge in [0.2, 0.25) is 0 Å². The van der Waals surface area contributed by atoms with Crippen molar-refractivity contribution in [3.05, 3.63) is 29.8 Å². The SMILES string of the molecule is N#Cc1cccc(P=O)c1. The third-order valence-corrected chi connectivity index (χ3v) is 1.57. The molecule has 0 unspecified atom stereocenters. The molecule has 1 aromatic carbocycles. The van der Waals surface area contributed by atoms with Gasteiger partial charge in [-0.3, -0.25) is 4.57 Å². The predicted octanol–water partition coefficient (Wildman–Crippen LogP) is 1.48. The Morgan fingerprint density at radius 3 is 2.90 bits per heavy atom. The van der Waals surface area contributed by atoms with Gasteiger partial charge in [0.1, 0.15) is 0 Å². The van der Waals surface area contributed by atoms with Crippen LogP contribution in [0, 0.1) is 11.3 Å². The second kappa shape index (κ2) is 3.10. The van der Waals surface area contributed by atoms with E-state index >= 15 is 0 Å². The molecular formula is C7H4NOP.